The predicted molar refractivity (Wildman–Crippen MR) is 54.9 cm³/mol. The molecule has 1 aromatic heterocycles. The van der Waals surface area contributed by atoms with Gasteiger partial charge >= 0.3 is 0 Å². The molecule has 0 aromatic carbocycles. The number of alkyl halides is 2. The number of halogens is 5. The summed E-state index contributed by atoms with van der Waals surface area (Å²) in [5.41, 5.74) is -0.984. The maximum atomic E-state index is 13.1. The molecule has 0 aliphatic heterocycles. The zero-order chi connectivity index (χ0) is 11.8. The minimum Gasteiger partial charge on any atom is -0.212 e. The van der Waals surface area contributed by atoms with Crippen LogP contribution in [0.4, 0.5) is 13.2 Å². The van der Waals surface area contributed by atoms with E-state index in [1.165, 1.54) is 22.6 Å². The van der Waals surface area contributed by atoms with Crippen molar-refractivity contribution in [3.8, 4) is 0 Å². The average molecular weight is 372 g/mol. The molecule has 3 nitrogen and oxygen atoms in total. The molecule has 0 N–H and O–H groups in total. The third-order valence-electron chi connectivity index (χ3n) is 1.41. The van der Waals surface area contributed by atoms with Crippen LogP contribution in [0.1, 0.15) is 12.0 Å². The van der Waals surface area contributed by atoms with Crippen molar-refractivity contribution >= 4 is 42.3 Å². The molecule has 0 saturated carbocycles. The topological polar surface area (TPSA) is 47.0 Å². The van der Waals surface area contributed by atoms with Gasteiger partial charge in [-0.05, 0) is 28.7 Å². The molecule has 0 bridgehead atoms. The van der Waals surface area contributed by atoms with Gasteiger partial charge < -0.3 is 0 Å². The van der Waals surface area contributed by atoms with Gasteiger partial charge in [0.1, 0.15) is 8.60 Å². The van der Waals surface area contributed by atoms with Gasteiger partial charge in [0.25, 0.3) is 15.5 Å². The number of pyridine rings is 1. The van der Waals surface area contributed by atoms with Crippen LogP contribution in [0.25, 0.3) is 0 Å². The summed E-state index contributed by atoms with van der Waals surface area (Å²) in [6, 6.07) is 0.767. The molecule has 0 aliphatic rings. The number of aromatic nitrogens is 1. The first-order valence-corrected chi connectivity index (χ1v) is 6.71. The molecule has 0 unspecified atom stereocenters. The molecule has 1 heterocycles. The summed E-state index contributed by atoms with van der Waals surface area (Å²) >= 11 is 1.49. The van der Waals surface area contributed by atoms with Crippen LogP contribution in [0.3, 0.4) is 0 Å². The predicted octanol–water partition coefficient (Wildman–Crippen LogP) is 2.69. The molecule has 0 atom stereocenters. The van der Waals surface area contributed by atoms with Gasteiger partial charge in [0.2, 0.25) is 5.95 Å². The molecule has 0 fully saturated rings. The lowest BCUT2D eigenvalue weighted by Crippen LogP contribution is -2.06. The van der Waals surface area contributed by atoms with Gasteiger partial charge in [-0.3, -0.25) is 0 Å². The minimum absolute atomic E-state index is 0.0792. The van der Waals surface area contributed by atoms with E-state index in [2.05, 4.69) is 4.98 Å². The van der Waals surface area contributed by atoms with Gasteiger partial charge in [0.15, 0.2) is 0 Å². The van der Waals surface area contributed by atoms with E-state index in [1.807, 2.05) is 0 Å². The SMILES string of the molecule is O=S(=O)(Cl)c1c(C(F)F)cc(I)nc1F. The molecule has 0 amide bonds. The Bertz CT molecular complexity index is 493. The summed E-state index contributed by atoms with van der Waals surface area (Å²) in [6.45, 7) is 0. The van der Waals surface area contributed by atoms with Crippen LogP contribution in [-0.2, 0) is 9.05 Å². The molecule has 9 heteroatoms. The van der Waals surface area contributed by atoms with Gasteiger partial charge in [-0.25, -0.2) is 22.2 Å². The summed E-state index contributed by atoms with van der Waals surface area (Å²) in [6.07, 6.45) is -3.14. The van der Waals surface area contributed by atoms with Crippen molar-refractivity contribution in [1.82, 2.24) is 4.98 Å². The highest BCUT2D eigenvalue weighted by atomic mass is 127. The van der Waals surface area contributed by atoms with Crippen molar-refractivity contribution in [2.24, 2.45) is 0 Å². The molecule has 0 radical (unpaired) electrons. The van der Waals surface area contributed by atoms with Gasteiger partial charge in [0.05, 0.1) is 0 Å². The van der Waals surface area contributed by atoms with Crippen molar-refractivity contribution in [3.05, 3.63) is 21.3 Å². The highest BCUT2D eigenvalue weighted by Crippen LogP contribution is 2.30. The van der Waals surface area contributed by atoms with E-state index >= 15 is 0 Å². The Morgan fingerprint density at radius 1 is 1.47 bits per heavy atom. The van der Waals surface area contributed by atoms with E-state index in [9.17, 15) is 21.6 Å². The van der Waals surface area contributed by atoms with Crippen molar-refractivity contribution in [2.75, 3.05) is 0 Å². The fraction of sp³-hybridized carbons (Fsp3) is 0.167. The van der Waals surface area contributed by atoms with Crippen LogP contribution in [0, 0.1) is 9.65 Å². The molecular formula is C6H2ClF3INO2S. The third kappa shape index (κ3) is 2.94. The second kappa shape index (κ2) is 4.42. The summed E-state index contributed by atoms with van der Waals surface area (Å²) in [4.78, 5) is 1.84. The Kier molecular flexibility index (Phi) is 3.82. The standard InChI is InChI=1S/C6H2ClF3INO2S/c7-15(13,14)4-2(5(8)9)1-3(11)12-6(4)10/h1,5H. The fourth-order valence-electron chi connectivity index (χ4n) is 0.893. The van der Waals surface area contributed by atoms with Crippen molar-refractivity contribution in [1.29, 1.82) is 0 Å². The Morgan fingerprint density at radius 2 is 2.00 bits per heavy atom. The number of nitrogens with zero attached hydrogens (tertiary/aromatic N) is 1. The summed E-state index contributed by atoms with van der Waals surface area (Å²) in [5.74, 6) is -1.52. The summed E-state index contributed by atoms with van der Waals surface area (Å²) < 4.78 is 59.4. The molecule has 84 valence electrons. The molecule has 15 heavy (non-hydrogen) atoms. The van der Waals surface area contributed by atoms with E-state index in [4.69, 9.17) is 10.7 Å². The van der Waals surface area contributed by atoms with Crippen LogP contribution in [-0.4, -0.2) is 13.4 Å². The summed E-state index contributed by atoms with van der Waals surface area (Å²) in [5, 5.41) is 0. The lowest BCUT2D eigenvalue weighted by Gasteiger charge is -2.06. The Morgan fingerprint density at radius 3 is 2.40 bits per heavy atom. The fourth-order valence-corrected chi connectivity index (χ4v) is 2.58. The molecular weight excluding hydrogens is 369 g/mol. The van der Waals surface area contributed by atoms with Crippen molar-refractivity contribution in [2.45, 2.75) is 11.3 Å². The highest BCUT2D eigenvalue weighted by Gasteiger charge is 2.27. The van der Waals surface area contributed by atoms with Crippen LogP contribution in [0.15, 0.2) is 11.0 Å². The van der Waals surface area contributed by atoms with Crippen molar-refractivity contribution < 1.29 is 21.6 Å². The minimum atomic E-state index is -4.57. The van der Waals surface area contributed by atoms with Crippen LogP contribution in [0.5, 0.6) is 0 Å². The van der Waals surface area contributed by atoms with E-state index < -0.39 is 31.9 Å². The van der Waals surface area contributed by atoms with Crippen LogP contribution < -0.4 is 0 Å². The smallest absolute Gasteiger partial charge is 0.212 e. The first kappa shape index (κ1) is 13.0. The Balaban J connectivity index is 3.62. The second-order valence-corrected chi connectivity index (χ2v) is 6.00. The maximum Gasteiger partial charge on any atom is 0.266 e. The zero-order valence-electron chi connectivity index (χ0n) is 6.72. The van der Waals surface area contributed by atoms with E-state index in [0.29, 0.717) is 0 Å². The molecule has 0 aliphatic carbocycles. The molecule has 0 spiro atoms. The number of hydrogen-bond donors (Lipinski definition) is 0. The van der Waals surface area contributed by atoms with E-state index in [0.717, 1.165) is 6.07 Å². The maximum absolute atomic E-state index is 13.1. The van der Waals surface area contributed by atoms with Gasteiger partial charge in [0, 0.05) is 16.2 Å². The van der Waals surface area contributed by atoms with Gasteiger partial charge in [-0.2, -0.15) is 4.39 Å². The van der Waals surface area contributed by atoms with Gasteiger partial charge in [-0.15, -0.1) is 0 Å². The number of hydrogen-bond acceptors (Lipinski definition) is 3. The zero-order valence-corrected chi connectivity index (χ0v) is 10.4. The first-order chi connectivity index (χ1) is 6.73. The largest absolute Gasteiger partial charge is 0.266 e. The lowest BCUT2D eigenvalue weighted by atomic mass is 10.3. The Labute approximate surface area is 101 Å². The van der Waals surface area contributed by atoms with Gasteiger partial charge in [-0.1, -0.05) is 0 Å². The number of rotatable bonds is 2. The van der Waals surface area contributed by atoms with Crippen LogP contribution >= 0.6 is 33.3 Å². The van der Waals surface area contributed by atoms with E-state index in [-0.39, 0.29) is 3.70 Å². The normalized spacial score (nSPS) is 12.1. The average Bonchev–Trinajstić information content (AvgIpc) is 1.99. The second-order valence-electron chi connectivity index (χ2n) is 2.39. The molecule has 0 saturated heterocycles. The summed E-state index contributed by atoms with van der Waals surface area (Å²) in [7, 11) is 0.247. The molecule has 1 rings (SSSR count). The third-order valence-corrected chi connectivity index (χ3v) is 3.32. The quantitative estimate of drug-likeness (QED) is 0.456. The van der Waals surface area contributed by atoms with Crippen LogP contribution in [0.2, 0.25) is 0 Å². The Hall–Kier alpha value is -0.0900. The van der Waals surface area contributed by atoms with E-state index in [1.54, 1.807) is 0 Å². The lowest BCUT2D eigenvalue weighted by molar-refractivity contribution is 0.146. The molecule has 1 aromatic rings. The highest BCUT2D eigenvalue weighted by molar-refractivity contribution is 14.1. The first-order valence-electron chi connectivity index (χ1n) is 3.32. The van der Waals surface area contributed by atoms with Crippen molar-refractivity contribution in [3.63, 3.8) is 0 Å². The monoisotopic (exact) mass is 371 g/mol.